The molecular weight excluding hydrogens is 462 g/mol. The van der Waals surface area contributed by atoms with Crippen molar-refractivity contribution < 1.29 is 18.3 Å². The van der Waals surface area contributed by atoms with Crippen LogP contribution in [0.1, 0.15) is 28.4 Å². The number of nitrogens with zero attached hydrogens (tertiary/aromatic N) is 2. The Morgan fingerprint density at radius 3 is 2.37 bits per heavy atom. The SMILES string of the molecule is CN(C)C(=O)c1ccc(-c2ccc3c(c2)[C@H]2[C@H](CCN2S(=O)(=O)c2ccccc2)[C@@H](CO)N3)cc1. The zero-order valence-electron chi connectivity index (χ0n) is 19.8. The predicted octanol–water partition coefficient (Wildman–Crippen LogP) is 3.59. The molecule has 8 heteroatoms. The molecule has 1 saturated heterocycles. The average molecular weight is 492 g/mol. The number of nitrogens with one attached hydrogen (secondary N) is 1. The zero-order valence-corrected chi connectivity index (χ0v) is 20.6. The van der Waals surface area contributed by atoms with Gasteiger partial charge in [-0.1, -0.05) is 36.4 Å². The molecule has 3 aromatic carbocycles. The van der Waals surface area contributed by atoms with Gasteiger partial charge >= 0.3 is 0 Å². The van der Waals surface area contributed by atoms with Crippen LogP contribution in [0.3, 0.4) is 0 Å². The molecule has 0 bridgehead atoms. The van der Waals surface area contributed by atoms with Crippen molar-refractivity contribution in [1.82, 2.24) is 9.21 Å². The van der Waals surface area contributed by atoms with Gasteiger partial charge in [-0.3, -0.25) is 4.79 Å². The van der Waals surface area contributed by atoms with Crippen molar-refractivity contribution in [3.8, 4) is 11.1 Å². The summed E-state index contributed by atoms with van der Waals surface area (Å²) in [5.41, 5.74) is 4.24. The highest BCUT2D eigenvalue weighted by molar-refractivity contribution is 7.89. The third-order valence-electron chi connectivity index (χ3n) is 7.04. The molecule has 1 amide bonds. The summed E-state index contributed by atoms with van der Waals surface area (Å²) in [7, 11) is -0.259. The van der Waals surface area contributed by atoms with Gasteiger partial charge in [0.2, 0.25) is 10.0 Å². The van der Waals surface area contributed by atoms with Gasteiger partial charge in [0.15, 0.2) is 0 Å². The molecule has 0 spiro atoms. The molecule has 1 fully saturated rings. The van der Waals surface area contributed by atoms with Gasteiger partial charge in [-0.25, -0.2) is 8.42 Å². The van der Waals surface area contributed by atoms with Crippen LogP contribution in [0.15, 0.2) is 77.7 Å². The van der Waals surface area contributed by atoms with E-state index in [0.29, 0.717) is 18.5 Å². The van der Waals surface area contributed by atoms with Gasteiger partial charge in [0.1, 0.15) is 0 Å². The summed E-state index contributed by atoms with van der Waals surface area (Å²) < 4.78 is 28.8. The van der Waals surface area contributed by atoms with Crippen molar-refractivity contribution in [2.75, 3.05) is 32.6 Å². The Morgan fingerprint density at radius 2 is 1.71 bits per heavy atom. The predicted molar refractivity (Wildman–Crippen MR) is 136 cm³/mol. The van der Waals surface area contributed by atoms with E-state index < -0.39 is 10.0 Å². The molecule has 2 N–H and O–H groups in total. The van der Waals surface area contributed by atoms with Gasteiger partial charge in [-0.2, -0.15) is 4.31 Å². The number of benzene rings is 3. The Bertz CT molecular complexity index is 1340. The highest BCUT2D eigenvalue weighted by atomic mass is 32.2. The van der Waals surface area contributed by atoms with Gasteiger partial charge < -0.3 is 15.3 Å². The second kappa shape index (κ2) is 9.11. The summed E-state index contributed by atoms with van der Waals surface area (Å²) in [4.78, 5) is 14.1. The third kappa shape index (κ3) is 4.11. The lowest BCUT2D eigenvalue weighted by Gasteiger charge is -2.39. The quantitative estimate of drug-likeness (QED) is 0.569. The van der Waals surface area contributed by atoms with Crippen molar-refractivity contribution in [1.29, 1.82) is 0 Å². The summed E-state index contributed by atoms with van der Waals surface area (Å²) >= 11 is 0. The summed E-state index contributed by atoms with van der Waals surface area (Å²) in [5.74, 6) is -0.0990. The first kappa shape index (κ1) is 23.5. The number of aliphatic hydroxyl groups excluding tert-OH is 1. The summed E-state index contributed by atoms with van der Waals surface area (Å²) in [6, 6.07) is 21.3. The molecule has 182 valence electrons. The Kier molecular flexibility index (Phi) is 6.13. The highest BCUT2D eigenvalue weighted by Crippen LogP contribution is 2.49. The van der Waals surface area contributed by atoms with Crippen molar-refractivity contribution in [2.45, 2.75) is 23.4 Å². The number of fused-ring (bicyclic) bond motifs is 3. The number of hydrogen-bond acceptors (Lipinski definition) is 5. The van der Waals surface area contributed by atoms with Crippen LogP contribution in [0.4, 0.5) is 5.69 Å². The fourth-order valence-electron chi connectivity index (χ4n) is 5.26. The highest BCUT2D eigenvalue weighted by Gasteiger charge is 2.48. The van der Waals surface area contributed by atoms with Crippen LogP contribution < -0.4 is 5.32 Å². The minimum absolute atomic E-state index is 0.0404. The third-order valence-corrected chi connectivity index (χ3v) is 8.94. The zero-order chi connectivity index (χ0) is 24.7. The van der Waals surface area contributed by atoms with Crippen LogP contribution in [-0.2, 0) is 10.0 Å². The van der Waals surface area contributed by atoms with Crippen LogP contribution in [-0.4, -0.2) is 61.9 Å². The minimum Gasteiger partial charge on any atom is -0.394 e. The van der Waals surface area contributed by atoms with E-state index in [1.807, 2.05) is 42.5 Å². The summed E-state index contributed by atoms with van der Waals surface area (Å²) in [6.07, 6.45) is 0.667. The molecule has 0 aromatic heterocycles. The Hall–Kier alpha value is -3.20. The van der Waals surface area contributed by atoms with E-state index in [2.05, 4.69) is 5.32 Å². The summed E-state index contributed by atoms with van der Waals surface area (Å²) in [6.45, 7) is 0.332. The van der Waals surface area contributed by atoms with Gasteiger partial charge in [0, 0.05) is 37.8 Å². The van der Waals surface area contributed by atoms with E-state index in [-0.39, 0.29) is 35.4 Å². The first-order chi connectivity index (χ1) is 16.8. The smallest absolute Gasteiger partial charge is 0.253 e. The fraction of sp³-hybridized carbons (Fsp3) is 0.296. The lowest BCUT2D eigenvalue weighted by atomic mass is 9.82. The van der Waals surface area contributed by atoms with Crippen LogP contribution in [0.2, 0.25) is 0 Å². The number of rotatable bonds is 5. The summed E-state index contributed by atoms with van der Waals surface area (Å²) in [5, 5.41) is 13.5. The number of sulfonamides is 1. The molecule has 3 aromatic rings. The second-order valence-corrected chi connectivity index (χ2v) is 11.2. The molecule has 2 aliphatic heterocycles. The first-order valence-corrected chi connectivity index (χ1v) is 13.2. The van der Waals surface area contributed by atoms with Gasteiger partial charge in [-0.15, -0.1) is 0 Å². The average Bonchev–Trinajstić information content (AvgIpc) is 3.35. The fourth-order valence-corrected chi connectivity index (χ4v) is 6.95. The van der Waals surface area contributed by atoms with Crippen LogP contribution in [0.5, 0.6) is 0 Å². The molecule has 5 rings (SSSR count). The van der Waals surface area contributed by atoms with Gasteiger partial charge in [0.25, 0.3) is 5.91 Å². The van der Waals surface area contributed by atoms with Crippen LogP contribution in [0, 0.1) is 5.92 Å². The second-order valence-electron chi connectivity index (χ2n) is 9.34. The lowest BCUT2D eigenvalue weighted by Crippen LogP contribution is -2.42. The van der Waals surface area contributed by atoms with Crippen molar-refractivity contribution >= 4 is 21.6 Å². The molecule has 0 saturated carbocycles. The van der Waals surface area contributed by atoms with Gasteiger partial charge in [-0.05, 0) is 59.5 Å². The minimum atomic E-state index is -3.70. The van der Waals surface area contributed by atoms with Crippen molar-refractivity contribution in [3.05, 3.63) is 83.9 Å². The first-order valence-electron chi connectivity index (χ1n) is 11.7. The number of hydrogen-bond donors (Lipinski definition) is 2. The van der Waals surface area contributed by atoms with Crippen molar-refractivity contribution in [3.63, 3.8) is 0 Å². The van der Waals surface area contributed by atoms with E-state index in [4.69, 9.17) is 0 Å². The van der Waals surface area contributed by atoms with Gasteiger partial charge in [0.05, 0.1) is 23.6 Å². The van der Waals surface area contributed by atoms with Crippen molar-refractivity contribution in [2.24, 2.45) is 5.92 Å². The van der Waals surface area contributed by atoms with E-state index in [1.165, 1.54) is 0 Å². The maximum Gasteiger partial charge on any atom is 0.253 e. The lowest BCUT2D eigenvalue weighted by molar-refractivity contribution is 0.0827. The maximum absolute atomic E-state index is 13.6. The number of carbonyl (C=O) groups excluding carboxylic acids is 1. The topological polar surface area (TPSA) is 90.0 Å². The normalized spacial score (nSPS) is 21.6. The Labute approximate surface area is 206 Å². The van der Waals surface area contributed by atoms with E-state index in [9.17, 15) is 18.3 Å². The number of amides is 1. The number of aliphatic hydroxyl groups is 1. The Balaban J connectivity index is 1.55. The van der Waals surface area contributed by atoms with E-state index in [1.54, 1.807) is 53.6 Å². The molecule has 7 nitrogen and oxygen atoms in total. The van der Waals surface area contributed by atoms with E-state index in [0.717, 1.165) is 22.4 Å². The molecule has 0 radical (unpaired) electrons. The molecule has 0 aliphatic carbocycles. The largest absolute Gasteiger partial charge is 0.394 e. The number of anilines is 1. The number of carbonyl (C=O) groups is 1. The molecule has 2 heterocycles. The Morgan fingerprint density at radius 1 is 1.03 bits per heavy atom. The van der Waals surface area contributed by atoms with E-state index >= 15 is 0 Å². The standard InChI is InChI=1S/C27H29N3O4S/c1-29(2)27(32)19-10-8-18(9-11-19)20-12-13-24-23(16-20)26-22(25(17-31)28-24)14-15-30(26)35(33,34)21-6-4-3-5-7-21/h3-13,16,22,25-26,28,31H,14-15,17H2,1-2H3/t22-,25-,26-/m1/s1. The molecule has 3 atom stereocenters. The monoisotopic (exact) mass is 491 g/mol. The molecule has 0 unspecified atom stereocenters. The molecular formula is C27H29N3O4S. The maximum atomic E-state index is 13.6. The molecule has 2 aliphatic rings. The van der Waals surface area contributed by atoms with Crippen LogP contribution in [0.25, 0.3) is 11.1 Å². The molecule has 35 heavy (non-hydrogen) atoms. The van der Waals surface area contributed by atoms with Crippen LogP contribution >= 0.6 is 0 Å².